The fraction of sp³-hybridized carbons (Fsp3) is 0.423. The van der Waals surface area contributed by atoms with Gasteiger partial charge in [0.25, 0.3) is 0 Å². The van der Waals surface area contributed by atoms with Crippen molar-refractivity contribution in [2.24, 2.45) is 0 Å². The highest BCUT2D eigenvalue weighted by Gasteiger charge is 2.43. The van der Waals surface area contributed by atoms with E-state index in [9.17, 15) is 4.79 Å². The molecule has 0 unspecified atom stereocenters. The molecule has 6 nitrogen and oxygen atoms in total. The number of aromatic nitrogens is 1. The van der Waals surface area contributed by atoms with Gasteiger partial charge < -0.3 is 24.7 Å². The van der Waals surface area contributed by atoms with Crippen molar-refractivity contribution in [2.75, 3.05) is 32.1 Å². The standard InChI is InChI=1S/C26H31N3O3/c1-17(2)18-4-6-19(7-5-18)27-25(30)29-13-11-26(12-14-29)24-21(10-15-32-26)22-16-20(31-3)8-9-23(22)28-24/h4-9,16-17,28H,10-15H2,1-3H3,(H,27,30). The summed E-state index contributed by atoms with van der Waals surface area (Å²) in [5, 5.41) is 4.26. The minimum absolute atomic E-state index is 0.0467. The van der Waals surface area contributed by atoms with Crippen LogP contribution >= 0.6 is 0 Å². The molecule has 2 amide bonds. The van der Waals surface area contributed by atoms with Gasteiger partial charge in [-0.3, -0.25) is 0 Å². The van der Waals surface area contributed by atoms with Crippen LogP contribution in [0.1, 0.15) is 49.4 Å². The zero-order valence-electron chi connectivity index (χ0n) is 19.0. The molecule has 2 N–H and O–H groups in total. The number of benzene rings is 2. The number of carbonyl (C=O) groups excluding carboxylic acids is 1. The third-order valence-electron chi connectivity index (χ3n) is 6.99. The third-order valence-corrected chi connectivity index (χ3v) is 6.99. The Kier molecular flexibility index (Phi) is 5.33. The highest BCUT2D eigenvalue weighted by atomic mass is 16.5. The Labute approximate surface area is 188 Å². The predicted molar refractivity (Wildman–Crippen MR) is 127 cm³/mol. The molecule has 0 aliphatic carbocycles. The number of ether oxygens (including phenoxy) is 2. The number of fused-ring (bicyclic) bond motifs is 4. The quantitative estimate of drug-likeness (QED) is 0.581. The monoisotopic (exact) mass is 433 g/mol. The Hall–Kier alpha value is -2.99. The normalized spacial score (nSPS) is 17.6. The summed E-state index contributed by atoms with van der Waals surface area (Å²) in [6, 6.07) is 14.2. The Morgan fingerprint density at radius 2 is 1.91 bits per heavy atom. The van der Waals surface area contributed by atoms with Crippen molar-refractivity contribution in [1.29, 1.82) is 0 Å². The largest absolute Gasteiger partial charge is 0.497 e. The van der Waals surface area contributed by atoms with E-state index in [2.05, 4.69) is 48.4 Å². The van der Waals surface area contributed by atoms with Crippen LogP contribution in [0.3, 0.4) is 0 Å². The van der Waals surface area contributed by atoms with E-state index in [1.54, 1.807) is 7.11 Å². The second-order valence-corrected chi connectivity index (χ2v) is 9.18. The Bertz CT molecular complexity index is 1130. The van der Waals surface area contributed by atoms with Gasteiger partial charge in [0.2, 0.25) is 0 Å². The van der Waals surface area contributed by atoms with E-state index in [4.69, 9.17) is 9.47 Å². The van der Waals surface area contributed by atoms with Crippen molar-refractivity contribution < 1.29 is 14.3 Å². The highest BCUT2D eigenvalue weighted by molar-refractivity contribution is 5.89. The number of hydrogen-bond acceptors (Lipinski definition) is 3. The number of anilines is 1. The van der Waals surface area contributed by atoms with E-state index in [0.29, 0.717) is 25.6 Å². The molecule has 1 fully saturated rings. The summed E-state index contributed by atoms with van der Waals surface area (Å²) in [7, 11) is 1.70. The molecule has 1 saturated heterocycles. The molecule has 0 bridgehead atoms. The van der Waals surface area contributed by atoms with Gasteiger partial charge in [-0.2, -0.15) is 0 Å². The second-order valence-electron chi connectivity index (χ2n) is 9.18. The lowest BCUT2D eigenvalue weighted by molar-refractivity contribution is -0.0943. The first kappa shape index (κ1) is 20.9. The number of carbonyl (C=O) groups is 1. The van der Waals surface area contributed by atoms with Crippen molar-refractivity contribution in [3.63, 3.8) is 0 Å². The van der Waals surface area contributed by atoms with Crippen molar-refractivity contribution >= 4 is 22.6 Å². The molecule has 2 aliphatic heterocycles. The van der Waals surface area contributed by atoms with Gasteiger partial charge in [0.05, 0.1) is 19.4 Å². The van der Waals surface area contributed by atoms with Crippen molar-refractivity contribution in [3.8, 4) is 5.75 Å². The van der Waals surface area contributed by atoms with E-state index in [-0.39, 0.29) is 11.6 Å². The van der Waals surface area contributed by atoms with Crippen LogP contribution in [0.15, 0.2) is 42.5 Å². The molecule has 1 spiro atoms. The average molecular weight is 434 g/mol. The minimum atomic E-state index is -0.352. The molecular formula is C26H31N3O3. The van der Waals surface area contributed by atoms with Crippen LogP contribution in [0.2, 0.25) is 0 Å². The third kappa shape index (κ3) is 3.62. The van der Waals surface area contributed by atoms with Crippen LogP contribution in [0.25, 0.3) is 10.9 Å². The van der Waals surface area contributed by atoms with Gasteiger partial charge in [-0.1, -0.05) is 26.0 Å². The first-order valence-electron chi connectivity index (χ1n) is 11.5. The maximum atomic E-state index is 12.9. The number of piperidine rings is 1. The van der Waals surface area contributed by atoms with E-state index >= 15 is 0 Å². The van der Waals surface area contributed by atoms with Crippen LogP contribution in [0, 0.1) is 0 Å². The number of urea groups is 1. The maximum Gasteiger partial charge on any atom is 0.321 e. The lowest BCUT2D eigenvalue weighted by atomic mass is 9.83. The van der Waals surface area contributed by atoms with Crippen molar-refractivity contribution in [3.05, 3.63) is 59.3 Å². The van der Waals surface area contributed by atoms with Gasteiger partial charge in [0.15, 0.2) is 0 Å². The minimum Gasteiger partial charge on any atom is -0.497 e. The molecule has 0 saturated carbocycles. The predicted octanol–water partition coefficient (Wildman–Crippen LogP) is 5.40. The van der Waals surface area contributed by atoms with Gasteiger partial charge in [-0.05, 0) is 66.6 Å². The summed E-state index contributed by atoms with van der Waals surface area (Å²) < 4.78 is 11.8. The molecule has 5 rings (SSSR count). The van der Waals surface area contributed by atoms with Gasteiger partial charge in [0.1, 0.15) is 11.4 Å². The Balaban J connectivity index is 1.31. The molecule has 6 heteroatoms. The smallest absolute Gasteiger partial charge is 0.321 e. The summed E-state index contributed by atoms with van der Waals surface area (Å²) in [6.45, 7) is 6.35. The second kappa shape index (κ2) is 8.17. The topological polar surface area (TPSA) is 66.6 Å². The molecule has 3 heterocycles. The van der Waals surface area contributed by atoms with Gasteiger partial charge in [-0.15, -0.1) is 0 Å². The number of amides is 2. The molecule has 2 aromatic carbocycles. The number of aromatic amines is 1. The van der Waals surface area contributed by atoms with Gasteiger partial charge in [0, 0.05) is 29.7 Å². The lowest BCUT2D eigenvalue weighted by Crippen LogP contribution is -2.49. The molecule has 168 valence electrons. The molecule has 3 aromatic rings. The Morgan fingerprint density at radius 1 is 1.16 bits per heavy atom. The number of likely N-dealkylation sites (tertiary alicyclic amines) is 1. The SMILES string of the molecule is COc1ccc2[nH]c3c(c2c1)CCOC31CCN(C(=O)Nc2ccc(C(C)C)cc2)CC1. The van der Waals surface area contributed by atoms with Crippen LogP contribution in [-0.4, -0.2) is 42.7 Å². The Morgan fingerprint density at radius 3 is 2.59 bits per heavy atom. The highest BCUT2D eigenvalue weighted by Crippen LogP contribution is 2.44. The van der Waals surface area contributed by atoms with Gasteiger partial charge >= 0.3 is 6.03 Å². The van der Waals surface area contributed by atoms with Crippen LogP contribution in [-0.2, 0) is 16.8 Å². The summed E-state index contributed by atoms with van der Waals surface area (Å²) >= 11 is 0. The van der Waals surface area contributed by atoms with E-state index < -0.39 is 0 Å². The number of rotatable bonds is 3. The molecule has 0 atom stereocenters. The molecule has 32 heavy (non-hydrogen) atoms. The fourth-order valence-corrected chi connectivity index (χ4v) is 5.04. The van der Waals surface area contributed by atoms with Crippen LogP contribution < -0.4 is 10.1 Å². The molecular weight excluding hydrogens is 402 g/mol. The van der Waals surface area contributed by atoms with Crippen molar-refractivity contribution in [2.45, 2.75) is 44.6 Å². The van der Waals surface area contributed by atoms with Crippen molar-refractivity contribution in [1.82, 2.24) is 9.88 Å². The summed E-state index contributed by atoms with van der Waals surface area (Å²) in [6.07, 6.45) is 2.45. The molecule has 0 radical (unpaired) electrons. The van der Waals surface area contributed by atoms with Crippen LogP contribution in [0.4, 0.5) is 10.5 Å². The number of nitrogens with zero attached hydrogens (tertiary/aromatic N) is 1. The van der Waals surface area contributed by atoms with Gasteiger partial charge in [-0.25, -0.2) is 4.79 Å². The van der Waals surface area contributed by atoms with E-state index in [0.717, 1.165) is 36.2 Å². The van der Waals surface area contributed by atoms with E-state index in [1.807, 2.05) is 23.1 Å². The number of H-pyrrole nitrogens is 1. The number of hydrogen-bond donors (Lipinski definition) is 2. The van der Waals surface area contributed by atoms with Crippen LogP contribution in [0.5, 0.6) is 5.75 Å². The zero-order valence-corrected chi connectivity index (χ0v) is 19.0. The fourth-order valence-electron chi connectivity index (χ4n) is 5.04. The average Bonchev–Trinajstić information content (AvgIpc) is 3.19. The molecule has 2 aliphatic rings. The number of nitrogens with one attached hydrogen (secondary N) is 2. The number of methoxy groups -OCH3 is 1. The first-order chi connectivity index (χ1) is 15.5. The first-order valence-corrected chi connectivity index (χ1v) is 11.5. The lowest BCUT2D eigenvalue weighted by Gasteiger charge is -2.43. The summed E-state index contributed by atoms with van der Waals surface area (Å²) in [4.78, 5) is 18.4. The van der Waals surface area contributed by atoms with E-state index in [1.165, 1.54) is 22.2 Å². The summed E-state index contributed by atoms with van der Waals surface area (Å²) in [5.41, 5.74) is 5.37. The summed E-state index contributed by atoms with van der Waals surface area (Å²) in [5.74, 6) is 1.34. The zero-order chi connectivity index (χ0) is 22.3. The molecule has 1 aromatic heterocycles. The maximum absolute atomic E-state index is 12.9.